The van der Waals surface area contributed by atoms with E-state index < -0.39 is 0 Å². The molecule has 0 unspecified atom stereocenters. The van der Waals surface area contributed by atoms with Crippen LogP contribution in [-0.4, -0.2) is 0 Å². The first kappa shape index (κ1) is 29.6. The van der Waals surface area contributed by atoms with E-state index in [4.69, 9.17) is 0 Å². The Morgan fingerprint density at radius 2 is 0.725 bits per heavy atom. The van der Waals surface area contributed by atoms with Gasteiger partial charge < -0.3 is 0 Å². The number of benzene rings is 9. The standard InChI is InChI=1S/C50H32S/c1-3-14-35(15-4-1)49-45-32-39(29-30-46(45)51-50(49)37-16-5-2-6-17-37)34-23-26-36(27-24-34)47-41-19-9-11-21-43(41)48(44-22-12-10-20-42(44)47)40-28-25-33-13-7-8-18-38(33)31-40/h1-32H. The van der Waals surface area contributed by atoms with Crippen LogP contribution < -0.4 is 0 Å². The molecule has 238 valence electrons. The van der Waals surface area contributed by atoms with E-state index in [1.165, 1.54) is 97.4 Å². The van der Waals surface area contributed by atoms with E-state index in [9.17, 15) is 0 Å². The summed E-state index contributed by atoms with van der Waals surface area (Å²) in [6.07, 6.45) is 0. The van der Waals surface area contributed by atoms with Crippen molar-refractivity contribution in [2.45, 2.75) is 0 Å². The normalized spacial score (nSPS) is 11.5. The molecule has 10 rings (SSSR count). The predicted octanol–water partition coefficient (Wildman–Crippen LogP) is 14.7. The number of hydrogen-bond donors (Lipinski definition) is 0. The summed E-state index contributed by atoms with van der Waals surface area (Å²) in [5, 5.41) is 8.91. The van der Waals surface area contributed by atoms with Gasteiger partial charge in [0.25, 0.3) is 0 Å². The van der Waals surface area contributed by atoms with Gasteiger partial charge in [-0.25, -0.2) is 0 Å². The van der Waals surface area contributed by atoms with E-state index in [-0.39, 0.29) is 0 Å². The third-order valence-electron chi connectivity index (χ3n) is 10.3. The number of fused-ring (bicyclic) bond motifs is 4. The van der Waals surface area contributed by atoms with E-state index in [1.807, 2.05) is 11.3 Å². The highest BCUT2D eigenvalue weighted by molar-refractivity contribution is 7.23. The van der Waals surface area contributed by atoms with Crippen LogP contribution in [0.4, 0.5) is 0 Å². The minimum atomic E-state index is 1.22. The van der Waals surface area contributed by atoms with Crippen LogP contribution in [0.3, 0.4) is 0 Å². The minimum absolute atomic E-state index is 1.22. The minimum Gasteiger partial charge on any atom is -0.135 e. The third kappa shape index (κ3) is 5.05. The zero-order valence-corrected chi connectivity index (χ0v) is 28.7. The highest BCUT2D eigenvalue weighted by Crippen LogP contribution is 2.47. The van der Waals surface area contributed by atoms with Crippen molar-refractivity contribution in [1.82, 2.24) is 0 Å². The lowest BCUT2D eigenvalue weighted by molar-refractivity contribution is 1.63. The summed E-state index contributed by atoms with van der Waals surface area (Å²) in [5.74, 6) is 0. The van der Waals surface area contributed by atoms with E-state index in [1.54, 1.807) is 0 Å². The molecule has 0 saturated carbocycles. The van der Waals surface area contributed by atoms with Gasteiger partial charge >= 0.3 is 0 Å². The van der Waals surface area contributed by atoms with Crippen LogP contribution >= 0.6 is 11.3 Å². The molecule has 0 saturated heterocycles. The Bertz CT molecular complexity index is 2820. The van der Waals surface area contributed by atoms with Gasteiger partial charge in [0.15, 0.2) is 0 Å². The molecule has 0 aliphatic carbocycles. The molecule has 0 bridgehead atoms. The fourth-order valence-corrected chi connectivity index (χ4v) is 9.10. The molecular weight excluding hydrogens is 633 g/mol. The van der Waals surface area contributed by atoms with Crippen molar-refractivity contribution >= 4 is 53.7 Å². The monoisotopic (exact) mass is 664 g/mol. The van der Waals surface area contributed by atoms with Crippen LogP contribution in [0.2, 0.25) is 0 Å². The maximum atomic E-state index is 2.39. The molecular formula is C50H32S. The lowest BCUT2D eigenvalue weighted by atomic mass is 9.85. The summed E-state index contributed by atoms with van der Waals surface area (Å²) in [7, 11) is 0. The lowest BCUT2D eigenvalue weighted by Gasteiger charge is -2.18. The largest absolute Gasteiger partial charge is 0.135 e. The number of rotatable bonds is 5. The maximum Gasteiger partial charge on any atom is 0.0433 e. The summed E-state index contributed by atoms with van der Waals surface area (Å²) in [4.78, 5) is 1.31. The summed E-state index contributed by atoms with van der Waals surface area (Å²) in [6, 6.07) is 71.1. The van der Waals surface area contributed by atoms with Crippen LogP contribution in [0.5, 0.6) is 0 Å². The van der Waals surface area contributed by atoms with Crippen molar-refractivity contribution in [3.8, 4) is 54.9 Å². The molecule has 0 nitrogen and oxygen atoms in total. The van der Waals surface area contributed by atoms with E-state index in [2.05, 4.69) is 194 Å². The average Bonchev–Trinajstić information content (AvgIpc) is 3.59. The molecule has 1 aromatic heterocycles. The Morgan fingerprint density at radius 3 is 1.37 bits per heavy atom. The summed E-state index contributed by atoms with van der Waals surface area (Å²) >= 11 is 1.88. The first-order valence-electron chi connectivity index (χ1n) is 17.5. The Morgan fingerprint density at radius 1 is 0.255 bits per heavy atom. The number of thiophene rings is 1. The van der Waals surface area contributed by atoms with Crippen molar-refractivity contribution in [2.75, 3.05) is 0 Å². The second-order valence-corrected chi connectivity index (χ2v) is 14.3. The predicted molar refractivity (Wildman–Crippen MR) is 222 cm³/mol. The molecule has 1 heteroatoms. The Kier molecular flexibility index (Phi) is 7.11. The maximum absolute atomic E-state index is 2.39. The molecule has 0 spiro atoms. The van der Waals surface area contributed by atoms with E-state index >= 15 is 0 Å². The van der Waals surface area contributed by atoms with Crippen molar-refractivity contribution in [2.24, 2.45) is 0 Å². The van der Waals surface area contributed by atoms with Gasteiger partial charge in [0, 0.05) is 20.5 Å². The second kappa shape index (κ2) is 12.2. The van der Waals surface area contributed by atoms with Crippen molar-refractivity contribution in [1.29, 1.82) is 0 Å². The van der Waals surface area contributed by atoms with E-state index in [0.29, 0.717) is 0 Å². The Hall–Kier alpha value is -6.28. The van der Waals surface area contributed by atoms with Crippen molar-refractivity contribution in [3.63, 3.8) is 0 Å². The molecule has 0 radical (unpaired) electrons. The highest BCUT2D eigenvalue weighted by atomic mass is 32.1. The first-order chi connectivity index (χ1) is 25.3. The van der Waals surface area contributed by atoms with E-state index in [0.717, 1.165) is 0 Å². The zero-order chi connectivity index (χ0) is 33.7. The lowest BCUT2D eigenvalue weighted by Crippen LogP contribution is -1.91. The highest BCUT2D eigenvalue weighted by Gasteiger charge is 2.18. The molecule has 1 heterocycles. The molecule has 0 atom stereocenters. The van der Waals surface area contributed by atoms with Crippen LogP contribution in [-0.2, 0) is 0 Å². The van der Waals surface area contributed by atoms with Gasteiger partial charge in [0.2, 0.25) is 0 Å². The zero-order valence-electron chi connectivity index (χ0n) is 27.9. The van der Waals surface area contributed by atoms with Crippen molar-refractivity contribution in [3.05, 3.63) is 194 Å². The molecule has 0 fully saturated rings. The smallest absolute Gasteiger partial charge is 0.0433 e. The van der Waals surface area contributed by atoms with Crippen LogP contribution in [0.1, 0.15) is 0 Å². The molecule has 0 N–H and O–H groups in total. The quantitative estimate of drug-likeness (QED) is 0.161. The fraction of sp³-hybridized carbons (Fsp3) is 0. The topological polar surface area (TPSA) is 0 Å². The molecule has 0 aliphatic rings. The van der Waals surface area contributed by atoms with Gasteiger partial charge in [-0.15, -0.1) is 11.3 Å². The second-order valence-electron chi connectivity index (χ2n) is 13.2. The molecule has 51 heavy (non-hydrogen) atoms. The van der Waals surface area contributed by atoms with Gasteiger partial charge in [0.1, 0.15) is 0 Å². The van der Waals surface area contributed by atoms with Gasteiger partial charge in [-0.05, 0) is 95.0 Å². The van der Waals surface area contributed by atoms with Crippen LogP contribution in [0, 0.1) is 0 Å². The van der Waals surface area contributed by atoms with Crippen molar-refractivity contribution < 1.29 is 0 Å². The average molecular weight is 665 g/mol. The fourth-order valence-electron chi connectivity index (χ4n) is 7.89. The molecule has 10 aromatic rings. The first-order valence-corrected chi connectivity index (χ1v) is 18.3. The van der Waals surface area contributed by atoms with Gasteiger partial charge in [-0.2, -0.15) is 0 Å². The van der Waals surface area contributed by atoms with Gasteiger partial charge in [-0.3, -0.25) is 0 Å². The third-order valence-corrected chi connectivity index (χ3v) is 11.5. The molecule has 0 aliphatic heterocycles. The van der Waals surface area contributed by atoms with Crippen LogP contribution in [0.25, 0.3) is 97.4 Å². The summed E-state index contributed by atoms with van der Waals surface area (Å²) in [6.45, 7) is 0. The number of hydrogen-bond acceptors (Lipinski definition) is 1. The summed E-state index contributed by atoms with van der Waals surface area (Å²) < 4.78 is 1.30. The Labute approximate surface area is 301 Å². The molecule has 0 amide bonds. The molecule has 9 aromatic carbocycles. The van der Waals surface area contributed by atoms with Gasteiger partial charge in [0.05, 0.1) is 0 Å². The SMILES string of the molecule is c1ccc(-c2sc3ccc(-c4ccc(-c5c6ccccc6c(-c6ccc7ccccc7c6)c6ccccc56)cc4)cc3c2-c2ccccc2)cc1. The summed E-state index contributed by atoms with van der Waals surface area (Å²) in [5.41, 5.74) is 11.3. The Balaban J connectivity index is 1.12. The van der Waals surface area contributed by atoms with Crippen LogP contribution in [0.15, 0.2) is 194 Å². The van der Waals surface area contributed by atoms with Gasteiger partial charge in [-0.1, -0.05) is 176 Å².